The molecule has 2 nitrogen and oxygen atoms in total. The van der Waals surface area contributed by atoms with Crippen molar-refractivity contribution >= 4 is 11.6 Å². The monoisotopic (exact) mass is 412 g/mol. The Balaban J connectivity index is 2.13. The van der Waals surface area contributed by atoms with E-state index in [2.05, 4.69) is 5.10 Å². The Morgan fingerprint density at radius 3 is 1.69 bits per heavy atom. The van der Waals surface area contributed by atoms with E-state index in [-0.39, 0.29) is 0 Å². The van der Waals surface area contributed by atoms with Crippen molar-refractivity contribution in [2.75, 3.05) is 0 Å². The first kappa shape index (κ1) is 19.3. The number of hydrogen-bond acceptors (Lipinski definition) is 1. The Bertz CT molecular complexity index is 1070. The summed E-state index contributed by atoms with van der Waals surface area (Å²) in [6.07, 6.45) is -3.20. The fourth-order valence-electron chi connectivity index (χ4n) is 3.64. The molecule has 6 heteroatoms. The number of hydrogen-bond donors (Lipinski definition) is 0. The van der Waals surface area contributed by atoms with Crippen LogP contribution in [0.5, 0.6) is 0 Å². The third kappa shape index (κ3) is 3.32. The van der Waals surface area contributed by atoms with Gasteiger partial charge in [-0.1, -0.05) is 90.5 Å². The molecule has 1 aromatic heterocycles. The predicted octanol–water partition coefficient (Wildman–Crippen LogP) is 6.40. The number of rotatable bonds is 4. The summed E-state index contributed by atoms with van der Waals surface area (Å²) in [4.78, 5) is 0. The quantitative estimate of drug-likeness (QED) is 0.355. The van der Waals surface area contributed by atoms with Crippen LogP contribution in [0.4, 0.5) is 13.2 Å². The number of benzene rings is 3. The average molecular weight is 413 g/mol. The highest BCUT2D eigenvalue weighted by molar-refractivity contribution is 6.31. The Morgan fingerprint density at radius 1 is 0.690 bits per heavy atom. The van der Waals surface area contributed by atoms with Crippen molar-refractivity contribution in [3.8, 4) is 0 Å². The summed E-state index contributed by atoms with van der Waals surface area (Å²) in [6, 6.07) is 26.7. The van der Waals surface area contributed by atoms with Gasteiger partial charge in [-0.25, -0.2) is 0 Å². The maximum atomic E-state index is 13.4. The number of aromatic nitrogens is 2. The first-order valence-electron chi connectivity index (χ1n) is 8.93. The molecule has 0 atom stereocenters. The van der Waals surface area contributed by atoms with E-state index in [1.54, 1.807) is 12.1 Å². The second-order valence-corrected chi connectivity index (χ2v) is 6.97. The minimum Gasteiger partial charge on any atom is -0.252 e. The van der Waals surface area contributed by atoms with E-state index in [0.717, 1.165) is 17.2 Å². The molecule has 0 aliphatic heterocycles. The van der Waals surface area contributed by atoms with Crippen molar-refractivity contribution in [3.05, 3.63) is 125 Å². The smallest absolute Gasteiger partial charge is 0.252 e. The van der Waals surface area contributed by atoms with Gasteiger partial charge in [0.25, 0.3) is 0 Å². The molecule has 0 radical (unpaired) electrons. The fourth-order valence-corrected chi connectivity index (χ4v) is 3.91. The molecule has 0 bridgehead atoms. The zero-order valence-electron chi connectivity index (χ0n) is 15.1. The van der Waals surface area contributed by atoms with Gasteiger partial charge in [0.05, 0.1) is 0 Å². The van der Waals surface area contributed by atoms with E-state index in [1.165, 1.54) is 10.9 Å². The molecule has 4 aromatic rings. The molecule has 4 rings (SSSR count). The highest BCUT2D eigenvalue weighted by Gasteiger charge is 2.43. The van der Waals surface area contributed by atoms with E-state index in [9.17, 15) is 13.2 Å². The average Bonchev–Trinajstić information content (AvgIpc) is 3.23. The van der Waals surface area contributed by atoms with Crippen LogP contribution >= 0.6 is 11.6 Å². The van der Waals surface area contributed by atoms with Gasteiger partial charge in [-0.2, -0.15) is 18.3 Å². The van der Waals surface area contributed by atoms with Crippen molar-refractivity contribution < 1.29 is 13.2 Å². The molecule has 0 aliphatic carbocycles. The standard InChI is InChI=1S/C23H16ClF3N2/c24-20-14-8-7-13-19(20)22(17-9-3-1-4-10-17,18-11-5-2-6-12-18)29-16-15-21(28-29)23(25,26)27/h1-16H. The van der Waals surface area contributed by atoms with Gasteiger partial charge >= 0.3 is 6.18 Å². The van der Waals surface area contributed by atoms with Crippen molar-refractivity contribution in [2.45, 2.75) is 11.7 Å². The topological polar surface area (TPSA) is 17.8 Å². The fraction of sp³-hybridized carbons (Fsp3) is 0.0870. The van der Waals surface area contributed by atoms with Crippen LogP contribution in [-0.2, 0) is 11.7 Å². The minimum atomic E-state index is -4.55. The Kier molecular flexibility index (Phi) is 4.92. The molecule has 0 N–H and O–H groups in total. The van der Waals surface area contributed by atoms with Crippen molar-refractivity contribution in [1.29, 1.82) is 0 Å². The van der Waals surface area contributed by atoms with Crippen LogP contribution in [-0.4, -0.2) is 9.78 Å². The van der Waals surface area contributed by atoms with Gasteiger partial charge in [-0.05, 0) is 23.3 Å². The molecule has 29 heavy (non-hydrogen) atoms. The molecular formula is C23H16ClF3N2. The van der Waals surface area contributed by atoms with Crippen LogP contribution < -0.4 is 0 Å². The summed E-state index contributed by atoms with van der Waals surface area (Å²) in [5.41, 5.74) is -0.00592. The van der Waals surface area contributed by atoms with Crippen molar-refractivity contribution in [1.82, 2.24) is 9.78 Å². The summed E-state index contributed by atoms with van der Waals surface area (Å²) in [5.74, 6) is 0. The summed E-state index contributed by atoms with van der Waals surface area (Å²) in [5, 5.41) is 4.39. The second-order valence-electron chi connectivity index (χ2n) is 6.57. The molecule has 0 spiro atoms. The Labute approximate surface area is 171 Å². The number of nitrogens with zero attached hydrogens (tertiary/aromatic N) is 2. The molecule has 0 saturated carbocycles. The van der Waals surface area contributed by atoms with Crippen molar-refractivity contribution in [2.24, 2.45) is 0 Å². The van der Waals surface area contributed by atoms with E-state index in [1.807, 2.05) is 72.8 Å². The molecule has 1 heterocycles. The van der Waals surface area contributed by atoms with E-state index in [4.69, 9.17) is 11.6 Å². The summed E-state index contributed by atoms with van der Waals surface area (Å²) in [7, 11) is 0. The van der Waals surface area contributed by atoms with Crippen LogP contribution in [0.1, 0.15) is 22.4 Å². The zero-order chi connectivity index (χ0) is 20.5. The van der Waals surface area contributed by atoms with Gasteiger partial charge in [-0.3, -0.25) is 4.68 Å². The molecule has 3 aromatic carbocycles. The lowest BCUT2D eigenvalue weighted by molar-refractivity contribution is -0.141. The minimum absolute atomic E-state index is 0.435. The highest BCUT2D eigenvalue weighted by Crippen LogP contribution is 2.43. The zero-order valence-corrected chi connectivity index (χ0v) is 15.9. The number of halogens is 4. The van der Waals surface area contributed by atoms with E-state index >= 15 is 0 Å². The molecule has 0 fully saturated rings. The van der Waals surface area contributed by atoms with Gasteiger partial charge in [0, 0.05) is 16.8 Å². The third-order valence-corrected chi connectivity index (χ3v) is 5.20. The molecule has 0 unspecified atom stereocenters. The third-order valence-electron chi connectivity index (χ3n) is 4.87. The first-order valence-corrected chi connectivity index (χ1v) is 9.31. The lowest BCUT2D eigenvalue weighted by Gasteiger charge is -2.37. The lowest BCUT2D eigenvalue weighted by atomic mass is 9.77. The Hall–Kier alpha value is -3.05. The largest absolute Gasteiger partial charge is 0.435 e. The number of alkyl halides is 3. The van der Waals surface area contributed by atoms with Crippen LogP contribution in [0.15, 0.2) is 97.2 Å². The maximum absolute atomic E-state index is 13.4. The SMILES string of the molecule is FC(F)(F)c1ccn(C(c2ccccc2)(c2ccccc2)c2ccccc2Cl)n1. The normalized spacial score (nSPS) is 12.1. The van der Waals surface area contributed by atoms with E-state index in [0.29, 0.717) is 10.6 Å². The maximum Gasteiger partial charge on any atom is 0.435 e. The van der Waals surface area contributed by atoms with E-state index < -0.39 is 17.4 Å². The molecule has 0 saturated heterocycles. The Morgan fingerprint density at radius 2 is 1.21 bits per heavy atom. The highest BCUT2D eigenvalue weighted by atomic mass is 35.5. The predicted molar refractivity (Wildman–Crippen MR) is 107 cm³/mol. The van der Waals surface area contributed by atoms with Gasteiger partial charge < -0.3 is 0 Å². The lowest BCUT2D eigenvalue weighted by Crippen LogP contribution is -2.38. The molecule has 0 aliphatic rings. The van der Waals surface area contributed by atoms with Gasteiger partial charge in [0.1, 0.15) is 5.54 Å². The van der Waals surface area contributed by atoms with Gasteiger partial charge in [0.15, 0.2) is 5.69 Å². The molecular weight excluding hydrogens is 397 g/mol. The summed E-state index contributed by atoms with van der Waals surface area (Å²) < 4.78 is 41.5. The first-order chi connectivity index (χ1) is 13.9. The van der Waals surface area contributed by atoms with Crippen LogP contribution in [0.2, 0.25) is 5.02 Å². The van der Waals surface area contributed by atoms with Crippen molar-refractivity contribution in [3.63, 3.8) is 0 Å². The summed E-state index contributed by atoms with van der Waals surface area (Å²) >= 11 is 6.59. The van der Waals surface area contributed by atoms with Crippen LogP contribution in [0.25, 0.3) is 0 Å². The summed E-state index contributed by atoms with van der Waals surface area (Å²) in [6.45, 7) is 0. The second kappa shape index (κ2) is 7.41. The van der Waals surface area contributed by atoms with Crippen LogP contribution in [0.3, 0.4) is 0 Å². The van der Waals surface area contributed by atoms with Crippen LogP contribution in [0, 0.1) is 0 Å². The molecule has 0 amide bonds. The van der Waals surface area contributed by atoms with Gasteiger partial charge in [-0.15, -0.1) is 0 Å². The molecule has 146 valence electrons. The van der Waals surface area contributed by atoms with Gasteiger partial charge in [0.2, 0.25) is 0 Å².